The molecule has 0 saturated carbocycles. The van der Waals surface area contributed by atoms with Gasteiger partial charge in [0.05, 0.1) is 16.9 Å². The van der Waals surface area contributed by atoms with Crippen molar-refractivity contribution in [3.8, 4) is 0 Å². The molecule has 1 fully saturated rings. The number of carbonyl (C=O) groups excluding carboxylic acids is 1. The van der Waals surface area contributed by atoms with Crippen molar-refractivity contribution in [2.24, 2.45) is 5.92 Å². The third-order valence-corrected chi connectivity index (χ3v) is 2.82. The van der Waals surface area contributed by atoms with E-state index in [2.05, 4.69) is 4.98 Å². The number of pyridine rings is 1. The number of aromatic nitrogens is 1. The standard InChI is InChI=1S/C10H11ClN2O2/c11-8-1-2-12-4-9(8)13-5-7(6-14)3-10(13)15/h1-2,4,7,14H,3,5-6H2. The summed E-state index contributed by atoms with van der Waals surface area (Å²) in [5, 5.41) is 9.50. The number of anilines is 1. The maximum Gasteiger partial charge on any atom is 0.227 e. The predicted molar refractivity (Wildman–Crippen MR) is 56.8 cm³/mol. The van der Waals surface area contributed by atoms with E-state index >= 15 is 0 Å². The third kappa shape index (κ3) is 1.96. The van der Waals surface area contributed by atoms with E-state index < -0.39 is 0 Å². The molecule has 1 N–H and O–H groups in total. The van der Waals surface area contributed by atoms with Crippen LogP contribution in [0.5, 0.6) is 0 Å². The molecule has 1 amide bonds. The summed E-state index contributed by atoms with van der Waals surface area (Å²) in [6.07, 6.45) is 3.53. The molecule has 2 heterocycles. The SMILES string of the molecule is O=C1CC(CO)CN1c1cnccc1Cl. The lowest BCUT2D eigenvalue weighted by molar-refractivity contribution is -0.117. The fraction of sp³-hybridized carbons (Fsp3) is 0.400. The molecule has 0 radical (unpaired) electrons. The van der Waals surface area contributed by atoms with E-state index in [4.69, 9.17) is 16.7 Å². The molecule has 15 heavy (non-hydrogen) atoms. The monoisotopic (exact) mass is 226 g/mol. The van der Waals surface area contributed by atoms with Crippen molar-refractivity contribution in [3.63, 3.8) is 0 Å². The zero-order chi connectivity index (χ0) is 10.8. The molecule has 0 aromatic carbocycles. The number of nitrogens with zero attached hydrogens (tertiary/aromatic N) is 2. The second kappa shape index (κ2) is 4.16. The highest BCUT2D eigenvalue weighted by molar-refractivity contribution is 6.33. The van der Waals surface area contributed by atoms with Gasteiger partial charge in [-0.25, -0.2) is 0 Å². The highest BCUT2D eigenvalue weighted by atomic mass is 35.5. The summed E-state index contributed by atoms with van der Waals surface area (Å²) in [4.78, 5) is 17.1. The molecular weight excluding hydrogens is 216 g/mol. The predicted octanol–water partition coefficient (Wildman–Crippen LogP) is 1.08. The molecule has 1 aromatic rings. The molecule has 4 nitrogen and oxygen atoms in total. The molecular formula is C10H11ClN2O2. The number of carbonyl (C=O) groups is 1. The second-order valence-electron chi connectivity index (χ2n) is 3.58. The van der Waals surface area contributed by atoms with Crippen molar-refractivity contribution in [1.29, 1.82) is 0 Å². The van der Waals surface area contributed by atoms with Gasteiger partial charge in [-0.2, -0.15) is 0 Å². The molecule has 2 rings (SSSR count). The fourth-order valence-corrected chi connectivity index (χ4v) is 1.91. The maximum absolute atomic E-state index is 11.6. The average Bonchev–Trinajstić information content (AvgIpc) is 2.60. The minimum absolute atomic E-state index is 0.00812. The minimum Gasteiger partial charge on any atom is -0.396 e. The number of amides is 1. The molecule has 1 unspecified atom stereocenters. The topological polar surface area (TPSA) is 53.4 Å². The zero-order valence-corrected chi connectivity index (χ0v) is 8.81. The first-order chi connectivity index (χ1) is 7.22. The summed E-state index contributed by atoms with van der Waals surface area (Å²) in [7, 11) is 0. The Kier molecular flexibility index (Phi) is 2.88. The van der Waals surface area contributed by atoms with Gasteiger partial charge in [0.25, 0.3) is 0 Å². The van der Waals surface area contributed by atoms with Gasteiger partial charge in [0.2, 0.25) is 5.91 Å². The van der Waals surface area contributed by atoms with Crippen LogP contribution in [0.25, 0.3) is 0 Å². The van der Waals surface area contributed by atoms with Gasteiger partial charge in [-0.15, -0.1) is 0 Å². The average molecular weight is 227 g/mol. The maximum atomic E-state index is 11.6. The number of aliphatic hydroxyl groups is 1. The van der Waals surface area contributed by atoms with Gasteiger partial charge in [-0.1, -0.05) is 11.6 Å². The molecule has 0 spiro atoms. The van der Waals surface area contributed by atoms with Crippen molar-refractivity contribution in [2.45, 2.75) is 6.42 Å². The Morgan fingerprint density at radius 1 is 1.67 bits per heavy atom. The molecule has 1 saturated heterocycles. The number of aliphatic hydroxyl groups excluding tert-OH is 1. The van der Waals surface area contributed by atoms with E-state index in [0.717, 1.165) is 0 Å². The van der Waals surface area contributed by atoms with Crippen LogP contribution in [-0.4, -0.2) is 29.1 Å². The van der Waals surface area contributed by atoms with Crippen LogP contribution in [0.3, 0.4) is 0 Å². The van der Waals surface area contributed by atoms with Crippen molar-refractivity contribution < 1.29 is 9.90 Å². The smallest absolute Gasteiger partial charge is 0.227 e. The van der Waals surface area contributed by atoms with Crippen LogP contribution in [0.15, 0.2) is 18.5 Å². The number of hydrogen-bond donors (Lipinski definition) is 1. The third-order valence-electron chi connectivity index (χ3n) is 2.50. The van der Waals surface area contributed by atoms with Crippen molar-refractivity contribution >= 4 is 23.2 Å². The Morgan fingerprint density at radius 2 is 2.47 bits per heavy atom. The summed E-state index contributed by atoms with van der Waals surface area (Å²) in [6, 6.07) is 1.65. The first kappa shape index (κ1) is 10.4. The number of halogens is 1. The molecule has 5 heteroatoms. The quantitative estimate of drug-likeness (QED) is 0.821. The van der Waals surface area contributed by atoms with Gasteiger partial charge in [-0.3, -0.25) is 9.78 Å². The van der Waals surface area contributed by atoms with E-state index in [9.17, 15) is 4.79 Å². The van der Waals surface area contributed by atoms with E-state index in [1.165, 1.54) is 0 Å². The van der Waals surface area contributed by atoms with Crippen LogP contribution in [-0.2, 0) is 4.79 Å². The van der Waals surface area contributed by atoms with Gasteiger partial charge < -0.3 is 10.0 Å². The minimum atomic E-state index is -0.0102. The summed E-state index contributed by atoms with van der Waals surface area (Å²) < 4.78 is 0. The Hall–Kier alpha value is -1.13. The van der Waals surface area contributed by atoms with E-state index in [1.807, 2.05) is 0 Å². The molecule has 1 atom stereocenters. The molecule has 1 aliphatic heterocycles. The van der Waals surface area contributed by atoms with Crippen LogP contribution in [0.1, 0.15) is 6.42 Å². The highest BCUT2D eigenvalue weighted by Crippen LogP contribution is 2.29. The summed E-state index contributed by atoms with van der Waals surface area (Å²) in [6.45, 7) is 0.543. The first-order valence-corrected chi connectivity index (χ1v) is 5.11. The van der Waals surface area contributed by atoms with E-state index in [0.29, 0.717) is 23.7 Å². The van der Waals surface area contributed by atoms with Crippen LogP contribution >= 0.6 is 11.6 Å². The van der Waals surface area contributed by atoms with Crippen molar-refractivity contribution in [3.05, 3.63) is 23.5 Å². The lowest BCUT2D eigenvalue weighted by atomic mass is 10.1. The first-order valence-electron chi connectivity index (χ1n) is 4.73. The van der Waals surface area contributed by atoms with E-state index in [1.54, 1.807) is 23.4 Å². The summed E-state index contributed by atoms with van der Waals surface area (Å²) in [5.74, 6) is -0.00211. The van der Waals surface area contributed by atoms with Crippen LogP contribution < -0.4 is 4.90 Å². The lowest BCUT2D eigenvalue weighted by Gasteiger charge is -2.16. The normalized spacial score (nSPS) is 21.1. The number of rotatable bonds is 2. The van der Waals surface area contributed by atoms with Gasteiger partial charge in [-0.05, 0) is 6.07 Å². The molecule has 1 aromatic heterocycles. The molecule has 1 aliphatic rings. The Bertz CT molecular complexity index is 383. The Morgan fingerprint density at radius 3 is 3.07 bits per heavy atom. The van der Waals surface area contributed by atoms with Gasteiger partial charge in [0, 0.05) is 31.7 Å². The molecule has 0 aliphatic carbocycles. The summed E-state index contributed by atoms with van der Waals surface area (Å²) in [5.41, 5.74) is 0.625. The van der Waals surface area contributed by atoms with Crippen molar-refractivity contribution in [1.82, 2.24) is 4.98 Å². The second-order valence-corrected chi connectivity index (χ2v) is 3.99. The Balaban J connectivity index is 2.25. The molecule has 0 bridgehead atoms. The lowest BCUT2D eigenvalue weighted by Crippen LogP contribution is -2.25. The highest BCUT2D eigenvalue weighted by Gasteiger charge is 2.31. The number of hydrogen-bond acceptors (Lipinski definition) is 3. The van der Waals surface area contributed by atoms with Crippen LogP contribution in [0.2, 0.25) is 5.02 Å². The largest absolute Gasteiger partial charge is 0.396 e. The van der Waals surface area contributed by atoms with Gasteiger partial charge >= 0.3 is 0 Å². The van der Waals surface area contributed by atoms with Crippen molar-refractivity contribution in [2.75, 3.05) is 18.1 Å². The molecule has 80 valence electrons. The van der Waals surface area contributed by atoms with Crippen LogP contribution in [0, 0.1) is 5.92 Å². The Labute approximate surface area is 92.5 Å². The van der Waals surface area contributed by atoms with E-state index in [-0.39, 0.29) is 18.4 Å². The fourth-order valence-electron chi connectivity index (χ4n) is 1.70. The van der Waals surface area contributed by atoms with Gasteiger partial charge in [0.15, 0.2) is 0 Å². The van der Waals surface area contributed by atoms with Gasteiger partial charge in [0.1, 0.15) is 0 Å². The zero-order valence-electron chi connectivity index (χ0n) is 8.06. The van der Waals surface area contributed by atoms with Crippen LogP contribution in [0.4, 0.5) is 5.69 Å². The summed E-state index contributed by atoms with van der Waals surface area (Å²) >= 11 is 5.96.